The highest BCUT2D eigenvalue weighted by atomic mass is 15.2. The average molecular weight is 252 g/mol. The Morgan fingerprint density at radius 2 is 1.79 bits per heavy atom. The van der Waals surface area contributed by atoms with E-state index in [1.807, 2.05) is 0 Å². The number of para-hydroxylation sites is 1. The van der Waals surface area contributed by atoms with Gasteiger partial charge in [-0.1, -0.05) is 35.9 Å². The first kappa shape index (κ1) is 12.1. The molecule has 1 atom stereocenters. The Kier molecular flexibility index (Phi) is 3.16. The predicted molar refractivity (Wildman–Crippen MR) is 82.0 cm³/mol. The maximum absolute atomic E-state index is 3.53. The van der Waals surface area contributed by atoms with E-state index in [0.717, 1.165) is 13.0 Å². The van der Waals surface area contributed by atoms with Gasteiger partial charge in [0.15, 0.2) is 0 Å². The van der Waals surface area contributed by atoms with Crippen LogP contribution in [-0.2, 0) is 6.42 Å². The van der Waals surface area contributed by atoms with Crippen LogP contribution in [0.5, 0.6) is 0 Å². The van der Waals surface area contributed by atoms with E-state index in [4.69, 9.17) is 0 Å². The molecule has 0 saturated heterocycles. The zero-order valence-electron chi connectivity index (χ0n) is 11.6. The van der Waals surface area contributed by atoms with E-state index in [1.165, 1.54) is 22.5 Å². The molecular formula is C17H20N2. The number of aryl methyl sites for hydroxylation is 1. The van der Waals surface area contributed by atoms with Gasteiger partial charge >= 0.3 is 0 Å². The van der Waals surface area contributed by atoms with Crippen LogP contribution in [0.4, 0.5) is 11.4 Å². The van der Waals surface area contributed by atoms with Gasteiger partial charge in [-0.05, 0) is 37.1 Å². The fourth-order valence-electron chi connectivity index (χ4n) is 2.69. The normalized spacial score (nSPS) is 17.5. The minimum Gasteiger partial charge on any atom is -0.383 e. The molecule has 0 amide bonds. The summed E-state index contributed by atoms with van der Waals surface area (Å²) in [5.41, 5.74) is 5.30. The number of fused-ring (bicyclic) bond motifs is 1. The number of anilines is 2. The minimum absolute atomic E-state index is 0.512. The van der Waals surface area contributed by atoms with Crippen molar-refractivity contribution in [2.24, 2.45) is 0 Å². The van der Waals surface area contributed by atoms with Crippen molar-refractivity contribution in [1.82, 2.24) is 0 Å². The van der Waals surface area contributed by atoms with Crippen LogP contribution < -0.4 is 10.2 Å². The Morgan fingerprint density at radius 1 is 1.05 bits per heavy atom. The summed E-state index contributed by atoms with van der Waals surface area (Å²) in [6.07, 6.45) is 1.10. The van der Waals surface area contributed by atoms with Gasteiger partial charge < -0.3 is 10.2 Å². The van der Waals surface area contributed by atoms with Crippen LogP contribution in [-0.4, -0.2) is 19.6 Å². The lowest BCUT2D eigenvalue weighted by Crippen LogP contribution is -2.41. The van der Waals surface area contributed by atoms with Crippen molar-refractivity contribution in [3.8, 4) is 0 Å². The summed E-state index contributed by atoms with van der Waals surface area (Å²) in [5, 5.41) is 3.53. The number of hydrogen-bond acceptors (Lipinski definition) is 2. The zero-order chi connectivity index (χ0) is 13.2. The quantitative estimate of drug-likeness (QED) is 0.880. The maximum Gasteiger partial charge on any atom is 0.0500 e. The fourth-order valence-corrected chi connectivity index (χ4v) is 2.69. The molecule has 3 rings (SSSR count). The second-order valence-corrected chi connectivity index (χ2v) is 5.34. The van der Waals surface area contributed by atoms with E-state index in [0.29, 0.717) is 6.04 Å². The van der Waals surface area contributed by atoms with Crippen LogP contribution >= 0.6 is 0 Å². The van der Waals surface area contributed by atoms with Crippen LogP contribution in [0.3, 0.4) is 0 Å². The number of nitrogens with one attached hydrogen (secondary N) is 1. The van der Waals surface area contributed by atoms with E-state index in [1.54, 1.807) is 0 Å². The number of benzene rings is 2. The van der Waals surface area contributed by atoms with Gasteiger partial charge in [-0.2, -0.15) is 0 Å². The summed E-state index contributed by atoms with van der Waals surface area (Å²) in [6.45, 7) is 3.13. The number of hydrogen-bond donors (Lipinski definition) is 1. The summed E-state index contributed by atoms with van der Waals surface area (Å²) in [7, 11) is 2.19. The lowest BCUT2D eigenvalue weighted by Gasteiger charge is -2.34. The van der Waals surface area contributed by atoms with E-state index in [-0.39, 0.29) is 0 Å². The molecule has 2 heteroatoms. The molecule has 0 aromatic heterocycles. The van der Waals surface area contributed by atoms with Crippen LogP contribution in [0, 0.1) is 6.92 Å². The molecule has 0 radical (unpaired) electrons. The second kappa shape index (κ2) is 4.96. The van der Waals surface area contributed by atoms with Crippen LogP contribution in [0.25, 0.3) is 0 Å². The predicted octanol–water partition coefficient (Wildman–Crippen LogP) is 3.47. The SMILES string of the molecule is Cc1ccc(N(C)C2CNc3ccccc3C2)cc1. The van der Waals surface area contributed by atoms with Crippen LogP contribution in [0.15, 0.2) is 48.5 Å². The second-order valence-electron chi connectivity index (χ2n) is 5.34. The molecule has 0 bridgehead atoms. The molecule has 1 aliphatic heterocycles. The Bertz CT molecular complexity index is 560. The molecule has 2 aromatic carbocycles. The summed E-state index contributed by atoms with van der Waals surface area (Å²) in [4.78, 5) is 2.38. The first-order chi connectivity index (χ1) is 9.24. The van der Waals surface area contributed by atoms with Gasteiger partial charge in [-0.15, -0.1) is 0 Å². The molecule has 0 fully saturated rings. The molecule has 98 valence electrons. The minimum atomic E-state index is 0.512. The van der Waals surface area contributed by atoms with Crippen LogP contribution in [0.1, 0.15) is 11.1 Å². The van der Waals surface area contributed by atoms with Crippen molar-refractivity contribution in [3.63, 3.8) is 0 Å². The van der Waals surface area contributed by atoms with E-state index < -0.39 is 0 Å². The first-order valence-electron chi connectivity index (χ1n) is 6.85. The number of nitrogens with zero attached hydrogens (tertiary/aromatic N) is 1. The highest BCUT2D eigenvalue weighted by Crippen LogP contribution is 2.25. The maximum atomic E-state index is 3.53. The van der Waals surface area contributed by atoms with Gasteiger partial charge in [-0.25, -0.2) is 0 Å². The standard InChI is InChI=1S/C17H20N2/c1-13-7-9-15(10-8-13)19(2)16-11-14-5-3-4-6-17(14)18-12-16/h3-10,16,18H,11-12H2,1-2H3. The Balaban J connectivity index is 1.79. The first-order valence-corrected chi connectivity index (χ1v) is 6.85. The topological polar surface area (TPSA) is 15.3 Å². The Hall–Kier alpha value is -1.96. The third-order valence-corrected chi connectivity index (χ3v) is 3.99. The van der Waals surface area contributed by atoms with Gasteiger partial charge in [0.05, 0.1) is 0 Å². The van der Waals surface area contributed by atoms with Crippen molar-refractivity contribution in [3.05, 3.63) is 59.7 Å². The molecule has 1 heterocycles. The highest BCUT2D eigenvalue weighted by Gasteiger charge is 2.21. The van der Waals surface area contributed by atoms with Crippen molar-refractivity contribution in [2.75, 3.05) is 23.8 Å². The van der Waals surface area contributed by atoms with Gasteiger partial charge in [-0.3, -0.25) is 0 Å². The molecule has 1 unspecified atom stereocenters. The molecule has 0 spiro atoms. The molecule has 2 aromatic rings. The van der Waals surface area contributed by atoms with E-state index in [2.05, 4.69) is 72.7 Å². The summed E-state index contributed by atoms with van der Waals surface area (Å²) < 4.78 is 0. The average Bonchev–Trinajstić information content (AvgIpc) is 2.47. The Labute approximate surface area is 115 Å². The van der Waals surface area contributed by atoms with E-state index in [9.17, 15) is 0 Å². The molecule has 1 aliphatic rings. The van der Waals surface area contributed by atoms with Crippen molar-refractivity contribution in [2.45, 2.75) is 19.4 Å². The van der Waals surface area contributed by atoms with Gasteiger partial charge in [0.25, 0.3) is 0 Å². The van der Waals surface area contributed by atoms with Crippen molar-refractivity contribution in [1.29, 1.82) is 0 Å². The molecule has 19 heavy (non-hydrogen) atoms. The monoisotopic (exact) mass is 252 g/mol. The van der Waals surface area contributed by atoms with E-state index >= 15 is 0 Å². The Morgan fingerprint density at radius 3 is 2.58 bits per heavy atom. The molecular weight excluding hydrogens is 232 g/mol. The molecule has 0 saturated carbocycles. The lowest BCUT2D eigenvalue weighted by atomic mass is 9.98. The molecule has 0 aliphatic carbocycles. The smallest absolute Gasteiger partial charge is 0.0500 e. The van der Waals surface area contributed by atoms with Gasteiger partial charge in [0.1, 0.15) is 0 Å². The van der Waals surface area contributed by atoms with Crippen LogP contribution in [0.2, 0.25) is 0 Å². The summed E-state index contributed by atoms with van der Waals surface area (Å²) in [6, 6.07) is 17.9. The third kappa shape index (κ3) is 2.43. The number of likely N-dealkylation sites (N-methyl/N-ethyl adjacent to an activating group) is 1. The lowest BCUT2D eigenvalue weighted by molar-refractivity contribution is 0.636. The largest absolute Gasteiger partial charge is 0.383 e. The fraction of sp³-hybridized carbons (Fsp3) is 0.294. The highest BCUT2D eigenvalue weighted by molar-refractivity contribution is 5.56. The zero-order valence-corrected chi connectivity index (χ0v) is 11.6. The third-order valence-electron chi connectivity index (χ3n) is 3.99. The number of rotatable bonds is 2. The van der Waals surface area contributed by atoms with Gasteiger partial charge in [0, 0.05) is 31.0 Å². The summed E-state index contributed by atoms with van der Waals surface area (Å²) in [5.74, 6) is 0. The van der Waals surface area contributed by atoms with Crippen molar-refractivity contribution >= 4 is 11.4 Å². The van der Waals surface area contributed by atoms with Crippen molar-refractivity contribution < 1.29 is 0 Å². The molecule has 1 N–H and O–H groups in total. The van der Waals surface area contributed by atoms with Gasteiger partial charge in [0.2, 0.25) is 0 Å². The molecule has 2 nitrogen and oxygen atoms in total. The summed E-state index contributed by atoms with van der Waals surface area (Å²) >= 11 is 0.